The van der Waals surface area contributed by atoms with E-state index in [1.807, 2.05) is 13.8 Å². The van der Waals surface area contributed by atoms with Gasteiger partial charge in [0, 0.05) is 18.9 Å². The zero-order valence-electron chi connectivity index (χ0n) is 12.8. The van der Waals surface area contributed by atoms with Crippen LogP contribution in [-0.2, 0) is 6.54 Å². The van der Waals surface area contributed by atoms with Crippen LogP contribution in [-0.4, -0.2) is 31.1 Å². The molecule has 0 bridgehead atoms. The molecule has 0 amide bonds. The molecule has 3 N–H and O–H groups in total. The van der Waals surface area contributed by atoms with Gasteiger partial charge < -0.3 is 5.73 Å². The first kappa shape index (κ1) is 16.9. The quantitative estimate of drug-likeness (QED) is 0.448. The van der Waals surface area contributed by atoms with Crippen LogP contribution >= 0.6 is 11.8 Å². The monoisotopic (exact) mass is 335 g/mol. The first-order valence-corrected chi connectivity index (χ1v) is 7.94. The number of nitrogen functional groups attached to an aromatic ring is 1. The van der Waals surface area contributed by atoms with Crippen LogP contribution < -0.4 is 17.0 Å². The van der Waals surface area contributed by atoms with Gasteiger partial charge in [0.25, 0.3) is 5.56 Å². The fourth-order valence-electron chi connectivity index (χ4n) is 1.97. The van der Waals surface area contributed by atoms with E-state index in [1.54, 1.807) is 18.5 Å². The second-order valence-electron chi connectivity index (χ2n) is 5.27. The van der Waals surface area contributed by atoms with Crippen molar-refractivity contribution in [3.8, 4) is 0 Å². The Morgan fingerprint density at radius 2 is 2.00 bits per heavy atom. The summed E-state index contributed by atoms with van der Waals surface area (Å²) in [7, 11) is 0. The molecule has 23 heavy (non-hydrogen) atoms. The van der Waals surface area contributed by atoms with Gasteiger partial charge >= 0.3 is 5.69 Å². The largest absolute Gasteiger partial charge is 0.384 e. The summed E-state index contributed by atoms with van der Waals surface area (Å²) in [5.74, 6) is -0.487. The number of ketones is 1. The van der Waals surface area contributed by atoms with E-state index in [9.17, 15) is 14.4 Å². The number of carbonyl (C=O) groups excluding carboxylic acids is 1. The summed E-state index contributed by atoms with van der Waals surface area (Å²) in [6.07, 6.45) is 3.12. The van der Waals surface area contributed by atoms with E-state index < -0.39 is 17.0 Å². The number of Topliss-reactive ketones (excluding diaryl/α,β-unsaturated/α-hetero) is 1. The Hall–Kier alpha value is -2.42. The molecule has 0 aliphatic carbocycles. The van der Waals surface area contributed by atoms with Crippen LogP contribution in [0.25, 0.3) is 0 Å². The first-order chi connectivity index (χ1) is 10.9. The maximum Gasteiger partial charge on any atom is 0.329 e. The lowest BCUT2D eigenvalue weighted by Gasteiger charge is -2.13. The minimum Gasteiger partial charge on any atom is -0.384 e. The van der Waals surface area contributed by atoms with Crippen molar-refractivity contribution in [3.63, 3.8) is 0 Å². The van der Waals surface area contributed by atoms with Crippen LogP contribution in [0.1, 0.15) is 24.2 Å². The van der Waals surface area contributed by atoms with Crippen LogP contribution in [0.3, 0.4) is 0 Å². The number of carbonyl (C=O) groups is 1. The highest BCUT2D eigenvalue weighted by molar-refractivity contribution is 7.99. The number of aromatic amines is 1. The maximum absolute atomic E-state index is 12.3. The number of hydrogen-bond donors (Lipinski definition) is 2. The van der Waals surface area contributed by atoms with Gasteiger partial charge in [-0.1, -0.05) is 25.6 Å². The predicted octanol–water partition coefficient (Wildman–Crippen LogP) is 0.540. The topological polar surface area (TPSA) is 124 Å². The lowest BCUT2D eigenvalue weighted by Crippen LogP contribution is -2.37. The van der Waals surface area contributed by atoms with E-state index in [2.05, 4.69) is 15.0 Å². The van der Waals surface area contributed by atoms with Crippen molar-refractivity contribution in [2.24, 2.45) is 5.92 Å². The summed E-state index contributed by atoms with van der Waals surface area (Å²) in [5, 5.41) is 0.423. The third-order valence-corrected chi connectivity index (χ3v) is 3.82. The van der Waals surface area contributed by atoms with Gasteiger partial charge in [0.2, 0.25) is 0 Å². The fraction of sp³-hybridized carbons (Fsp3) is 0.357. The third kappa shape index (κ3) is 4.07. The van der Waals surface area contributed by atoms with E-state index in [1.165, 1.54) is 4.57 Å². The highest BCUT2D eigenvalue weighted by Gasteiger charge is 2.20. The lowest BCUT2D eigenvalue weighted by atomic mass is 10.2. The number of H-pyrrole nitrogens is 1. The molecule has 0 aliphatic heterocycles. The van der Waals surface area contributed by atoms with Crippen LogP contribution in [0.2, 0.25) is 0 Å². The molecule has 2 heterocycles. The molecular formula is C14H17N5O3S. The zero-order chi connectivity index (χ0) is 17.0. The van der Waals surface area contributed by atoms with Gasteiger partial charge in [0.05, 0.1) is 5.75 Å². The van der Waals surface area contributed by atoms with Gasteiger partial charge in [-0.15, -0.1) is 0 Å². The number of anilines is 1. The standard InChI is InChI=1S/C14H17N5O3S/c1-8(2)6-19-11(15)10(12(21)18-14(19)22)9(20)7-23-13-16-4-3-5-17-13/h3-5,8H,6-7,15H2,1-2H3,(H,18,21,22). The molecule has 2 rings (SSSR count). The molecule has 0 fully saturated rings. The Balaban J connectivity index is 2.29. The summed E-state index contributed by atoms with van der Waals surface area (Å²) in [6.45, 7) is 4.12. The summed E-state index contributed by atoms with van der Waals surface area (Å²) >= 11 is 1.10. The average molecular weight is 335 g/mol. The summed E-state index contributed by atoms with van der Waals surface area (Å²) in [6, 6.07) is 1.66. The molecule has 2 aromatic heterocycles. The number of aromatic nitrogens is 4. The molecule has 0 atom stereocenters. The number of hydrogen-bond acceptors (Lipinski definition) is 7. The third-order valence-electron chi connectivity index (χ3n) is 2.94. The minimum absolute atomic E-state index is 0.0445. The molecule has 0 spiro atoms. The van der Waals surface area contributed by atoms with E-state index in [0.717, 1.165) is 11.8 Å². The Kier molecular flexibility index (Phi) is 5.32. The maximum atomic E-state index is 12.3. The van der Waals surface area contributed by atoms with Gasteiger partial charge in [-0.2, -0.15) is 0 Å². The van der Waals surface area contributed by atoms with Crippen LogP contribution in [0, 0.1) is 5.92 Å². The Morgan fingerprint density at radius 3 is 2.61 bits per heavy atom. The number of nitrogens with zero attached hydrogens (tertiary/aromatic N) is 3. The van der Waals surface area contributed by atoms with E-state index >= 15 is 0 Å². The highest BCUT2D eigenvalue weighted by atomic mass is 32.2. The van der Waals surface area contributed by atoms with Crippen molar-refractivity contribution < 1.29 is 4.79 Å². The summed E-state index contributed by atoms with van der Waals surface area (Å²) in [4.78, 5) is 46.2. The number of thioether (sulfide) groups is 1. The molecule has 0 saturated heterocycles. The minimum atomic E-state index is -0.771. The molecule has 0 radical (unpaired) electrons. The fourth-order valence-corrected chi connectivity index (χ4v) is 2.64. The van der Waals surface area contributed by atoms with Crippen LogP contribution in [0.15, 0.2) is 33.2 Å². The van der Waals surface area contributed by atoms with Gasteiger partial charge in [-0.25, -0.2) is 14.8 Å². The van der Waals surface area contributed by atoms with Gasteiger partial charge in [0.15, 0.2) is 10.9 Å². The van der Waals surface area contributed by atoms with Crippen molar-refractivity contribution in [1.82, 2.24) is 19.5 Å². The molecule has 122 valence electrons. The molecule has 8 nitrogen and oxygen atoms in total. The molecule has 0 aromatic carbocycles. The molecule has 2 aromatic rings. The number of rotatable bonds is 6. The first-order valence-electron chi connectivity index (χ1n) is 6.95. The van der Waals surface area contributed by atoms with Gasteiger partial charge in [-0.05, 0) is 12.0 Å². The average Bonchev–Trinajstić information content (AvgIpc) is 2.50. The lowest BCUT2D eigenvalue weighted by molar-refractivity contribution is 0.102. The number of nitrogens with one attached hydrogen (secondary N) is 1. The highest BCUT2D eigenvalue weighted by Crippen LogP contribution is 2.15. The van der Waals surface area contributed by atoms with E-state index in [0.29, 0.717) is 11.7 Å². The van der Waals surface area contributed by atoms with Crippen LogP contribution in [0.5, 0.6) is 0 Å². The second kappa shape index (κ2) is 7.23. The summed E-state index contributed by atoms with van der Waals surface area (Å²) in [5.41, 5.74) is 4.30. The van der Waals surface area contributed by atoms with E-state index in [-0.39, 0.29) is 23.1 Å². The van der Waals surface area contributed by atoms with Crippen LogP contribution in [0.4, 0.5) is 5.82 Å². The zero-order valence-corrected chi connectivity index (χ0v) is 13.6. The van der Waals surface area contributed by atoms with Crippen molar-refractivity contribution in [1.29, 1.82) is 0 Å². The van der Waals surface area contributed by atoms with Crippen molar-refractivity contribution in [3.05, 3.63) is 44.9 Å². The second-order valence-corrected chi connectivity index (χ2v) is 6.21. The van der Waals surface area contributed by atoms with Gasteiger partial charge in [0.1, 0.15) is 11.4 Å². The Labute approximate surface area is 136 Å². The molecule has 0 aliphatic rings. The molecular weight excluding hydrogens is 318 g/mol. The number of nitrogens with two attached hydrogens (primary N) is 1. The van der Waals surface area contributed by atoms with Crippen molar-refractivity contribution in [2.75, 3.05) is 11.5 Å². The predicted molar refractivity (Wildman–Crippen MR) is 87.7 cm³/mol. The Bertz CT molecular complexity index is 813. The summed E-state index contributed by atoms with van der Waals surface area (Å²) < 4.78 is 1.21. The van der Waals surface area contributed by atoms with Crippen molar-refractivity contribution >= 4 is 23.4 Å². The van der Waals surface area contributed by atoms with Crippen molar-refractivity contribution in [2.45, 2.75) is 25.5 Å². The SMILES string of the molecule is CC(C)Cn1c(N)c(C(=O)CSc2ncccn2)c(=O)[nH]c1=O. The molecule has 0 saturated carbocycles. The van der Waals surface area contributed by atoms with E-state index in [4.69, 9.17) is 5.73 Å². The smallest absolute Gasteiger partial charge is 0.329 e. The normalized spacial score (nSPS) is 10.9. The molecule has 0 unspecified atom stereocenters. The van der Waals surface area contributed by atoms with Gasteiger partial charge in [-0.3, -0.25) is 19.1 Å². The Morgan fingerprint density at radius 1 is 1.35 bits per heavy atom. The molecule has 9 heteroatoms.